The molecule has 0 aliphatic rings. The van der Waals surface area contributed by atoms with E-state index >= 15 is 0 Å². The fourth-order valence-corrected chi connectivity index (χ4v) is 2.36. The summed E-state index contributed by atoms with van der Waals surface area (Å²) in [5.74, 6) is 0. The number of aliphatic hydroxyl groups excluding tert-OH is 1. The van der Waals surface area contributed by atoms with E-state index in [4.69, 9.17) is 11.6 Å². The molecule has 0 aliphatic heterocycles. The highest BCUT2D eigenvalue weighted by atomic mass is 35.5. The van der Waals surface area contributed by atoms with Crippen LogP contribution in [0.25, 0.3) is 0 Å². The van der Waals surface area contributed by atoms with Gasteiger partial charge in [-0.05, 0) is 37.2 Å². The van der Waals surface area contributed by atoms with E-state index in [0.717, 1.165) is 18.5 Å². The standard InChI is InChI=1S/C16H19ClN2O/c1-19(11-8-13-6-9-18-10-7-13)12-16(20)14-4-2-3-5-15(14)17/h2-7,9-10,16,20H,8,11-12H2,1H3. The summed E-state index contributed by atoms with van der Waals surface area (Å²) < 4.78 is 0. The first kappa shape index (κ1) is 15.0. The van der Waals surface area contributed by atoms with E-state index in [9.17, 15) is 5.11 Å². The van der Waals surface area contributed by atoms with Crippen LogP contribution in [0.1, 0.15) is 17.2 Å². The van der Waals surface area contributed by atoms with Crippen molar-refractivity contribution in [2.24, 2.45) is 0 Å². The van der Waals surface area contributed by atoms with E-state index in [1.54, 1.807) is 18.5 Å². The van der Waals surface area contributed by atoms with E-state index in [1.807, 2.05) is 37.4 Å². The smallest absolute Gasteiger partial charge is 0.0931 e. The van der Waals surface area contributed by atoms with Crippen LogP contribution in [0.15, 0.2) is 48.8 Å². The Morgan fingerprint density at radius 3 is 2.60 bits per heavy atom. The molecule has 0 radical (unpaired) electrons. The first-order valence-corrected chi connectivity index (χ1v) is 7.04. The zero-order valence-electron chi connectivity index (χ0n) is 11.5. The Balaban J connectivity index is 1.85. The van der Waals surface area contributed by atoms with Gasteiger partial charge in [0.05, 0.1) is 6.10 Å². The average molecular weight is 291 g/mol. The molecular formula is C16H19ClN2O. The van der Waals surface area contributed by atoms with Gasteiger partial charge in [0.25, 0.3) is 0 Å². The Labute approximate surface area is 124 Å². The first-order chi connectivity index (χ1) is 9.66. The third-order valence-electron chi connectivity index (χ3n) is 3.28. The van der Waals surface area contributed by atoms with Crippen LogP contribution in [0, 0.1) is 0 Å². The SMILES string of the molecule is CN(CCc1ccncc1)CC(O)c1ccccc1Cl. The van der Waals surface area contributed by atoms with Gasteiger partial charge < -0.3 is 10.0 Å². The number of hydrogen-bond donors (Lipinski definition) is 1. The van der Waals surface area contributed by atoms with Gasteiger partial charge in [0.1, 0.15) is 0 Å². The molecule has 0 fully saturated rings. The van der Waals surface area contributed by atoms with Gasteiger partial charge in [0, 0.05) is 36.1 Å². The van der Waals surface area contributed by atoms with Gasteiger partial charge in [-0.2, -0.15) is 0 Å². The first-order valence-electron chi connectivity index (χ1n) is 6.67. The van der Waals surface area contributed by atoms with Gasteiger partial charge in [-0.3, -0.25) is 4.98 Å². The molecule has 20 heavy (non-hydrogen) atoms. The molecule has 1 heterocycles. The Morgan fingerprint density at radius 1 is 1.20 bits per heavy atom. The molecule has 0 spiro atoms. The molecule has 4 heteroatoms. The maximum Gasteiger partial charge on any atom is 0.0931 e. The Bertz CT molecular complexity index is 533. The molecule has 1 N–H and O–H groups in total. The van der Waals surface area contributed by atoms with Crippen molar-refractivity contribution in [1.29, 1.82) is 0 Å². The number of aromatic nitrogens is 1. The molecule has 0 aliphatic carbocycles. The van der Waals surface area contributed by atoms with E-state index in [0.29, 0.717) is 11.6 Å². The predicted molar refractivity (Wildman–Crippen MR) is 81.8 cm³/mol. The molecular weight excluding hydrogens is 272 g/mol. The summed E-state index contributed by atoms with van der Waals surface area (Å²) in [5, 5.41) is 10.8. The Hall–Kier alpha value is -1.42. The van der Waals surface area contributed by atoms with E-state index in [1.165, 1.54) is 5.56 Å². The van der Waals surface area contributed by atoms with Crippen LogP contribution in [-0.2, 0) is 6.42 Å². The number of likely N-dealkylation sites (N-methyl/N-ethyl adjacent to an activating group) is 1. The minimum atomic E-state index is -0.564. The Kier molecular flexibility index (Phi) is 5.53. The maximum absolute atomic E-state index is 10.2. The van der Waals surface area contributed by atoms with Crippen LogP contribution < -0.4 is 0 Å². The second kappa shape index (κ2) is 7.39. The molecule has 2 rings (SSSR count). The fourth-order valence-electron chi connectivity index (χ4n) is 2.10. The van der Waals surface area contributed by atoms with Crippen LogP contribution in [-0.4, -0.2) is 35.1 Å². The van der Waals surface area contributed by atoms with Crippen LogP contribution in [0.3, 0.4) is 0 Å². The topological polar surface area (TPSA) is 36.4 Å². The number of halogens is 1. The minimum Gasteiger partial charge on any atom is -0.387 e. The highest BCUT2D eigenvalue weighted by Crippen LogP contribution is 2.22. The number of benzene rings is 1. The van der Waals surface area contributed by atoms with Gasteiger partial charge in [0.15, 0.2) is 0 Å². The number of aliphatic hydroxyl groups is 1. The average Bonchev–Trinajstić information content (AvgIpc) is 2.46. The predicted octanol–water partition coefficient (Wildman–Crippen LogP) is 2.94. The maximum atomic E-state index is 10.2. The largest absolute Gasteiger partial charge is 0.387 e. The van der Waals surface area contributed by atoms with Crippen molar-refractivity contribution in [2.45, 2.75) is 12.5 Å². The van der Waals surface area contributed by atoms with Gasteiger partial charge in [-0.25, -0.2) is 0 Å². The van der Waals surface area contributed by atoms with Crippen molar-refractivity contribution in [3.8, 4) is 0 Å². The molecule has 1 aromatic carbocycles. The lowest BCUT2D eigenvalue weighted by atomic mass is 10.1. The summed E-state index contributed by atoms with van der Waals surface area (Å²) >= 11 is 6.09. The lowest BCUT2D eigenvalue weighted by molar-refractivity contribution is 0.127. The highest BCUT2D eigenvalue weighted by molar-refractivity contribution is 6.31. The van der Waals surface area contributed by atoms with Gasteiger partial charge in [-0.15, -0.1) is 0 Å². The Morgan fingerprint density at radius 2 is 1.90 bits per heavy atom. The summed E-state index contributed by atoms with van der Waals surface area (Å²) in [5.41, 5.74) is 2.03. The molecule has 1 aromatic heterocycles. The van der Waals surface area contributed by atoms with E-state index in [-0.39, 0.29) is 0 Å². The van der Waals surface area contributed by atoms with Crippen molar-refractivity contribution in [1.82, 2.24) is 9.88 Å². The van der Waals surface area contributed by atoms with E-state index in [2.05, 4.69) is 9.88 Å². The summed E-state index contributed by atoms with van der Waals surface area (Å²) in [7, 11) is 2.00. The number of pyridine rings is 1. The quantitative estimate of drug-likeness (QED) is 0.889. The summed E-state index contributed by atoms with van der Waals surface area (Å²) in [6.07, 6.45) is 3.97. The second-order valence-corrected chi connectivity index (χ2v) is 5.31. The van der Waals surface area contributed by atoms with Crippen LogP contribution in [0.4, 0.5) is 0 Å². The van der Waals surface area contributed by atoms with Crippen LogP contribution in [0.2, 0.25) is 5.02 Å². The van der Waals surface area contributed by atoms with Gasteiger partial charge in [0.2, 0.25) is 0 Å². The number of rotatable bonds is 6. The summed E-state index contributed by atoms with van der Waals surface area (Å²) in [6, 6.07) is 11.4. The van der Waals surface area contributed by atoms with Gasteiger partial charge >= 0.3 is 0 Å². The van der Waals surface area contributed by atoms with Crippen molar-refractivity contribution < 1.29 is 5.11 Å². The van der Waals surface area contributed by atoms with Crippen molar-refractivity contribution >= 4 is 11.6 Å². The van der Waals surface area contributed by atoms with Crippen molar-refractivity contribution in [2.75, 3.05) is 20.1 Å². The summed E-state index contributed by atoms with van der Waals surface area (Å²) in [6.45, 7) is 1.44. The molecule has 106 valence electrons. The molecule has 0 saturated heterocycles. The van der Waals surface area contributed by atoms with Crippen molar-refractivity contribution in [3.63, 3.8) is 0 Å². The minimum absolute atomic E-state index is 0.564. The zero-order chi connectivity index (χ0) is 14.4. The summed E-state index contributed by atoms with van der Waals surface area (Å²) in [4.78, 5) is 6.11. The molecule has 0 amide bonds. The van der Waals surface area contributed by atoms with Crippen LogP contribution in [0.5, 0.6) is 0 Å². The van der Waals surface area contributed by atoms with Crippen LogP contribution >= 0.6 is 11.6 Å². The second-order valence-electron chi connectivity index (χ2n) is 4.91. The molecule has 0 bridgehead atoms. The molecule has 2 aromatic rings. The van der Waals surface area contributed by atoms with E-state index < -0.39 is 6.10 Å². The third-order valence-corrected chi connectivity index (χ3v) is 3.62. The molecule has 1 unspecified atom stereocenters. The normalized spacial score (nSPS) is 12.6. The van der Waals surface area contributed by atoms with Gasteiger partial charge in [-0.1, -0.05) is 29.8 Å². The monoisotopic (exact) mass is 290 g/mol. The lowest BCUT2D eigenvalue weighted by Gasteiger charge is -2.21. The van der Waals surface area contributed by atoms with Crippen molar-refractivity contribution in [3.05, 3.63) is 64.9 Å². The lowest BCUT2D eigenvalue weighted by Crippen LogP contribution is -2.26. The number of hydrogen-bond acceptors (Lipinski definition) is 3. The molecule has 0 saturated carbocycles. The highest BCUT2D eigenvalue weighted by Gasteiger charge is 2.13. The fraction of sp³-hybridized carbons (Fsp3) is 0.312. The zero-order valence-corrected chi connectivity index (χ0v) is 12.3. The third kappa shape index (κ3) is 4.30. The molecule has 3 nitrogen and oxygen atoms in total. The molecule has 1 atom stereocenters. The number of nitrogens with zero attached hydrogens (tertiary/aromatic N) is 2.